The standard InChI is InChI=1S/C11H19N3/c1-3-14(8-10(2)12)9-11-4-6-13-7-5-11/h4-7,10H,3,8-9,12H2,1-2H3/t10-/m0/s1. The van der Waals surface area contributed by atoms with Crippen molar-refractivity contribution in [2.45, 2.75) is 26.4 Å². The Morgan fingerprint density at radius 3 is 2.57 bits per heavy atom. The maximum absolute atomic E-state index is 5.77. The van der Waals surface area contributed by atoms with Crippen LogP contribution in [-0.4, -0.2) is 29.0 Å². The number of aromatic nitrogens is 1. The Kier molecular flexibility index (Phi) is 4.56. The molecule has 0 aliphatic heterocycles. The molecule has 0 fully saturated rings. The number of hydrogen-bond acceptors (Lipinski definition) is 3. The van der Waals surface area contributed by atoms with Gasteiger partial charge in [-0.3, -0.25) is 9.88 Å². The van der Waals surface area contributed by atoms with E-state index in [1.807, 2.05) is 31.5 Å². The molecule has 14 heavy (non-hydrogen) atoms. The van der Waals surface area contributed by atoms with Crippen LogP contribution in [0.3, 0.4) is 0 Å². The zero-order chi connectivity index (χ0) is 10.4. The molecule has 0 radical (unpaired) electrons. The number of hydrogen-bond donors (Lipinski definition) is 1. The molecule has 0 amide bonds. The molecule has 0 bridgehead atoms. The number of nitrogens with two attached hydrogens (primary N) is 1. The predicted octanol–water partition coefficient (Wildman–Crippen LogP) is 1.25. The van der Waals surface area contributed by atoms with Gasteiger partial charge < -0.3 is 5.73 Å². The number of rotatable bonds is 5. The van der Waals surface area contributed by atoms with Gasteiger partial charge in [-0.05, 0) is 31.2 Å². The molecule has 0 unspecified atom stereocenters. The highest BCUT2D eigenvalue weighted by molar-refractivity contribution is 5.09. The normalized spacial score (nSPS) is 13.1. The average Bonchev–Trinajstić information content (AvgIpc) is 2.17. The monoisotopic (exact) mass is 193 g/mol. The van der Waals surface area contributed by atoms with Crippen LogP contribution in [-0.2, 0) is 6.54 Å². The third kappa shape index (κ3) is 3.85. The van der Waals surface area contributed by atoms with Crippen LogP contribution >= 0.6 is 0 Å². The Bertz CT molecular complexity index is 246. The molecule has 0 aromatic carbocycles. The van der Waals surface area contributed by atoms with Crippen LogP contribution in [0.4, 0.5) is 0 Å². The van der Waals surface area contributed by atoms with E-state index in [0.29, 0.717) is 0 Å². The summed E-state index contributed by atoms with van der Waals surface area (Å²) in [5, 5.41) is 0. The van der Waals surface area contributed by atoms with Gasteiger partial charge in [0, 0.05) is 31.5 Å². The Balaban J connectivity index is 2.48. The molecule has 0 aliphatic carbocycles. The summed E-state index contributed by atoms with van der Waals surface area (Å²) in [6.07, 6.45) is 3.66. The molecule has 0 aliphatic rings. The van der Waals surface area contributed by atoms with E-state index in [1.165, 1.54) is 5.56 Å². The van der Waals surface area contributed by atoms with Crippen molar-refractivity contribution >= 4 is 0 Å². The lowest BCUT2D eigenvalue weighted by molar-refractivity contribution is 0.266. The average molecular weight is 193 g/mol. The number of likely N-dealkylation sites (N-methyl/N-ethyl adjacent to an activating group) is 1. The summed E-state index contributed by atoms with van der Waals surface area (Å²) in [6.45, 7) is 7.13. The maximum Gasteiger partial charge on any atom is 0.0271 e. The molecule has 2 N–H and O–H groups in total. The largest absolute Gasteiger partial charge is 0.327 e. The molecule has 1 rings (SSSR count). The lowest BCUT2D eigenvalue weighted by Gasteiger charge is -2.22. The predicted molar refractivity (Wildman–Crippen MR) is 58.8 cm³/mol. The fourth-order valence-electron chi connectivity index (χ4n) is 1.46. The minimum Gasteiger partial charge on any atom is -0.327 e. The van der Waals surface area contributed by atoms with Crippen molar-refractivity contribution < 1.29 is 0 Å². The van der Waals surface area contributed by atoms with Crippen LogP contribution in [0.15, 0.2) is 24.5 Å². The molecule has 3 heteroatoms. The highest BCUT2D eigenvalue weighted by Crippen LogP contribution is 2.02. The van der Waals surface area contributed by atoms with Gasteiger partial charge in [-0.2, -0.15) is 0 Å². The summed E-state index contributed by atoms with van der Waals surface area (Å²) in [6, 6.07) is 4.32. The van der Waals surface area contributed by atoms with E-state index < -0.39 is 0 Å². The topological polar surface area (TPSA) is 42.2 Å². The SMILES string of the molecule is CCN(Cc1ccncc1)C[C@H](C)N. The molecule has 1 heterocycles. The summed E-state index contributed by atoms with van der Waals surface area (Å²) in [5.41, 5.74) is 7.06. The maximum atomic E-state index is 5.77. The summed E-state index contributed by atoms with van der Waals surface area (Å²) >= 11 is 0. The van der Waals surface area contributed by atoms with Gasteiger partial charge in [-0.1, -0.05) is 6.92 Å². The molecule has 78 valence electrons. The van der Waals surface area contributed by atoms with E-state index in [-0.39, 0.29) is 6.04 Å². The third-order valence-corrected chi connectivity index (χ3v) is 2.15. The van der Waals surface area contributed by atoms with Gasteiger partial charge in [0.25, 0.3) is 0 Å². The summed E-state index contributed by atoms with van der Waals surface area (Å²) in [7, 11) is 0. The van der Waals surface area contributed by atoms with Crippen LogP contribution in [0, 0.1) is 0 Å². The van der Waals surface area contributed by atoms with Crippen molar-refractivity contribution in [3.8, 4) is 0 Å². The fourth-order valence-corrected chi connectivity index (χ4v) is 1.46. The molecular formula is C11H19N3. The lowest BCUT2D eigenvalue weighted by Crippen LogP contribution is -2.35. The molecule has 3 nitrogen and oxygen atoms in total. The minimum absolute atomic E-state index is 0.233. The molecular weight excluding hydrogens is 174 g/mol. The van der Waals surface area contributed by atoms with Gasteiger partial charge in [0.15, 0.2) is 0 Å². The van der Waals surface area contributed by atoms with Gasteiger partial charge in [-0.15, -0.1) is 0 Å². The molecule has 0 saturated heterocycles. The van der Waals surface area contributed by atoms with Crippen molar-refractivity contribution in [2.24, 2.45) is 5.73 Å². The first-order valence-corrected chi connectivity index (χ1v) is 5.09. The summed E-state index contributed by atoms with van der Waals surface area (Å²) in [5.74, 6) is 0. The molecule has 0 spiro atoms. The van der Waals surface area contributed by atoms with E-state index in [9.17, 15) is 0 Å². The highest BCUT2D eigenvalue weighted by Gasteiger charge is 2.05. The van der Waals surface area contributed by atoms with Gasteiger partial charge in [0.05, 0.1) is 0 Å². The first kappa shape index (κ1) is 11.1. The number of pyridine rings is 1. The first-order valence-electron chi connectivity index (χ1n) is 5.09. The van der Waals surface area contributed by atoms with Crippen molar-refractivity contribution in [1.82, 2.24) is 9.88 Å². The molecule has 1 aromatic rings. The van der Waals surface area contributed by atoms with Crippen molar-refractivity contribution in [3.63, 3.8) is 0 Å². The van der Waals surface area contributed by atoms with Crippen molar-refractivity contribution in [2.75, 3.05) is 13.1 Å². The molecule has 1 aromatic heterocycles. The zero-order valence-corrected chi connectivity index (χ0v) is 8.98. The third-order valence-electron chi connectivity index (χ3n) is 2.15. The van der Waals surface area contributed by atoms with E-state index in [2.05, 4.69) is 16.8 Å². The van der Waals surface area contributed by atoms with E-state index >= 15 is 0 Å². The Morgan fingerprint density at radius 1 is 1.43 bits per heavy atom. The quantitative estimate of drug-likeness (QED) is 0.765. The summed E-state index contributed by atoms with van der Waals surface area (Å²) < 4.78 is 0. The second kappa shape index (κ2) is 5.73. The fraction of sp³-hybridized carbons (Fsp3) is 0.545. The van der Waals surface area contributed by atoms with Crippen LogP contribution in [0.25, 0.3) is 0 Å². The Hall–Kier alpha value is -0.930. The second-order valence-corrected chi connectivity index (χ2v) is 3.66. The Labute approximate surface area is 85.9 Å². The van der Waals surface area contributed by atoms with Crippen LogP contribution in [0.2, 0.25) is 0 Å². The zero-order valence-electron chi connectivity index (χ0n) is 8.98. The van der Waals surface area contributed by atoms with Crippen LogP contribution < -0.4 is 5.73 Å². The molecule has 0 saturated carbocycles. The van der Waals surface area contributed by atoms with Crippen LogP contribution in [0.1, 0.15) is 19.4 Å². The van der Waals surface area contributed by atoms with Crippen LogP contribution in [0.5, 0.6) is 0 Å². The van der Waals surface area contributed by atoms with Gasteiger partial charge in [0.1, 0.15) is 0 Å². The molecule has 1 atom stereocenters. The van der Waals surface area contributed by atoms with Gasteiger partial charge in [0.2, 0.25) is 0 Å². The smallest absolute Gasteiger partial charge is 0.0271 e. The highest BCUT2D eigenvalue weighted by atomic mass is 15.1. The van der Waals surface area contributed by atoms with Gasteiger partial charge >= 0.3 is 0 Å². The Morgan fingerprint density at radius 2 is 2.07 bits per heavy atom. The minimum atomic E-state index is 0.233. The number of nitrogens with zero attached hydrogens (tertiary/aromatic N) is 2. The first-order chi connectivity index (χ1) is 6.72. The lowest BCUT2D eigenvalue weighted by atomic mass is 10.2. The van der Waals surface area contributed by atoms with E-state index in [1.54, 1.807) is 0 Å². The van der Waals surface area contributed by atoms with Gasteiger partial charge in [-0.25, -0.2) is 0 Å². The van der Waals surface area contributed by atoms with E-state index in [0.717, 1.165) is 19.6 Å². The summed E-state index contributed by atoms with van der Waals surface area (Å²) in [4.78, 5) is 6.33. The van der Waals surface area contributed by atoms with Crippen molar-refractivity contribution in [1.29, 1.82) is 0 Å². The van der Waals surface area contributed by atoms with Crippen molar-refractivity contribution in [3.05, 3.63) is 30.1 Å². The second-order valence-electron chi connectivity index (χ2n) is 3.66. The van der Waals surface area contributed by atoms with E-state index in [4.69, 9.17) is 5.73 Å².